The third-order valence-electron chi connectivity index (χ3n) is 4.72. The lowest BCUT2D eigenvalue weighted by Gasteiger charge is -2.26. The molecule has 0 aromatic heterocycles. The van der Waals surface area contributed by atoms with Crippen molar-refractivity contribution in [3.63, 3.8) is 0 Å². The first kappa shape index (κ1) is 24.5. The van der Waals surface area contributed by atoms with Gasteiger partial charge in [-0.05, 0) is 35.4 Å². The number of methoxy groups -OCH3 is 3. The molecule has 10 nitrogen and oxygen atoms in total. The Labute approximate surface area is 179 Å². The second-order valence-corrected chi connectivity index (χ2v) is 6.66. The lowest BCUT2D eigenvalue weighted by atomic mass is 10.0. The highest BCUT2D eigenvalue weighted by Gasteiger charge is 2.28. The molecule has 172 valence electrons. The molecule has 0 spiro atoms. The second kappa shape index (κ2) is 11.0. The van der Waals surface area contributed by atoms with E-state index >= 15 is 0 Å². The van der Waals surface area contributed by atoms with Crippen molar-refractivity contribution in [2.24, 2.45) is 0 Å². The smallest absolute Gasteiger partial charge is 0.204 e. The van der Waals surface area contributed by atoms with Crippen LogP contribution in [-0.4, -0.2) is 77.4 Å². The van der Waals surface area contributed by atoms with Gasteiger partial charge in [0.05, 0.1) is 34.5 Å². The van der Waals surface area contributed by atoms with E-state index in [1.54, 1.807) is 0 Å². The average molecular weight is 440 g/mol. The first-order valence-electron chi connectivity index (χ1n) is 9.36. The van der Waals surface area contributed by atoms with Crippen LogP contribution in [0, 0.1) is 0 Å². The van der Waals surface area contributed by atoms with Gasteiger partial charge in [-0.2, -0.15) is 0 Å². The Bertz CT molecular complexity index is 831. The first-order valence-corrected chi connectivity index (χ1v) is 9.36. The molecule has 0 aliphatic carbocycles. The van der Waals surface area contributed by atoms with E-state index in [2.05, 4.69) is 0 Å². The Morgan fingerprint density at radius 3 is 1.77 bits per heavy atom. The minimum Gasteiger partial charge on any atom is -0.504 e. The zero-order valence-corrected chi connectivity index (χ0v) is 17.4. The predicted octanol–water partition coefficient (Wildman–Crippen LogP) is 0.278. The van der Waals surface area contributed by atoms with Gasteiger partial charge in [0.25, 0.3) is 0 Å². The van der Waals surface area contributed by atoms with Gasteiger partial charge in [-0.3, -0.25) is 0 Å². The molecule has 0 aliphatic heterocycles. The topological polar surface area (TPSA) is 158 Å². The van der Waals surface area contributed by atoms with Gasteiger partial charge in [0.15, 0.2) is 29.1 Å². The molecule has 31 heavy (non-hydrogen) atoms. The highest BCUT2D eigenvalue weighted by molar-refractivity contribution is 5.54. The highest BCUT2D eigenvalue weighted by Crippen LogP contribution is 2.42. The molecule has 0 saturated heterocycles. The Balaban J connectivity index is 2.40. The van der Waals surface area contributed by atoms with Gasteiger partial charge in [0, 0.05) is 0 Å². The molecule has 0 aliphatic rings. The van der Waals surface area contributed by atoms with E-state index in [4.69, 9.17) is 24.1 Å². The summed E-state index contributed by atoms with van der Waals surface area (Å²) in [5, 5.41) is 59.3. The number of hydrogen-bond donors (Lipinski definition) is 6. The van der Waals surface area contributed by atoms with Crippen molar-refractivity contribution in [2.45, 2.75) is 24.4 Å². The van der Waals surface area contributed by atoms with Crippen LogP contribution < -0.4 is 18.9 Å². The summed E-state index contributed by atoms with van der Waals surface area (Å²) in [5.74, 6) is 0.287. The van der Waals surface area contributed by atoms with Crippen LogP contribution in [0.25, 0.3) is 0 Å². The van der Waals surface area contributed by atoms with Gasteiger partial charge in [0.1, 0.15) is 18.3 Å². The fraction of sp³-hybridized carbons (Fsp3) is 0.429. The standard InChI is InChI=1S/C21H28O10/c1-28-15-6-11(4-5-13(15)24)20(27)18(10-23)31-21-16(29-2)7-12(8-17(21)30-3)19(26)14(25)9-22/h4-8,14,18-20,22-27H,9-10H2,1-3H3. The van der Waals surface area contributed by atoms with E-state index in [1.165, 1.54) is 51.7 Å². The van der Waals surface area contributed by atoms with Crippen LogP contribution >= 0.6 is 0 Å². The summed E-state index contributed by atoms with van der Waals surface area (Å²) in [6, 6.07) is 6.97. The fourth-order valence-corrected chi connectivity index (χ4v) is 2.95. The quantitative estimate of drug-likeness (QED) is 0.287. The molecule has 4 atom stereocenters. The number of aliphatic hydroxyl groups excluding tert-OH is 5. The number of hydrogen-bond acceptors (Lipinski definition) is 10. The summed E-state index contributed by atoms with van der Waals surface area (Å²) in [7, 11) is 4.05. The molecule has 0 fully saturated rings. The Hall–Kier alpha value is -2.76. The molecule has 0 bridgehead atoms. The summed E-state index contributed by atoms with van der Waals surface area (Å²) in [6.45, 7) is -1.23. The first-order chi connectivity index (χ1) is 14.8. The zero-order chi connectivity index (χ0) is 23.1. The predicted molar refractivity (Wildman–Crippen MR) is 109 cm³/mol. The maximum atomic E-state index is 10.7. The fourth-order valence-electron chi connectivity index (χ4n) is 2.95. The monoisotopic (exact) mass is 440 g/mol. The number of benzene rings is 2. The third kappa shape index (κ3) is 5.49. The molecular formula is C21H28O10. The van der Waals surface area contributed by atoms with Crippen LogP contribution in [0.4, 0.5) is 0 Å². The van der Waals surface area contributed by atoms with Crippen molar-refractivity contribution in [1.29, 1.82) is 0 Å². The number of phenols is 1. The largest absolute Gasteiger partial charge is 0.504 e. The van der Waals surface area contributed by atoms with Gasteiger partial charge in [-0.25, -0.2) is 0 Å². The van der Waals surface area contributed by atoms with Crippen molar-refractivity contribution in [2.75, 3.05) is 34.5 Å². The van der Waals surface area contributed by atoms with Crippen molar-refractivity contribution >= 4 is 0 Å². The molecule has 4 unspecified atom stereocenters. The molecule has 0 heterocycles. The number of phenolic OH excluding ortho intramolecular Hbond substituents is 1. The van der Waals surface area contributed by atoms with E-state index in [0.29, 0.717) is 5.56 Å². The maximum Gasteiger partial charge on any atom is 0.204 e. The number of ether oxygens (including phenoxy) is 4. The van der Waals surface area contributed by atoms with Gasteiger partial charge in [0.2, 0.25) is 5.75 Å². The lowest BCUT2D eigenvalue weighted by molar-refractivity contribution is -0.0158. The Morgan fingerprint density at radius 2 is 1.29 bits per heavy atom. The Morgan fingerprint density at radius 1 is 0.742 bits per heavy atom. The summed E-state index contributed by atoms with van der Waals surface area (Å²) in [4.78, 5) is 0. The van der Waals surface area contributed by atoms with Crippen LogP contribution in [0.2, 0.25) is 0 Å². The van der Waals surface area contributed by atoms with Crippen LogP contribution in [0.1, 0.15) is 23.3 Å². The van der Waals surface area contributed by atoms with Gasteiger partial charge < -0.3 is 49.6 Å². The van der Waals surface area contributed by atoms with Gasteiger partial charge in [-0.1, -0.05) is 6.07 Å². The number of aliphatic hydroxyl groups is 5. The third-order valence-corrected chi connectivity index (χ3v) is 4.72. The van der Waals surface area contributed by atoms with Crippen molar-refractivity contribution in [3.05, 3.63) is 41.5 Å². The van der Waals surface area contributed by atoms with Crippen LogP contribution in [-0.2, 0) is 0 Å². The van der Waals surface area contributed by atoms with Crippen LogP contribution in [0.5, 0.6) is 28.7 Å². The normalized spacial score (nSPS) is 15.0. The number of rotatable bonds is 11. The van der Waals surface area contributed by atoms with Crippen molar-refractivity contribution in [1.82, 2.24) is 0 Å². The van der Waals surface area contributed by atoms with E-state index in [1.807, 2.05) is 0 Å². The molecule has 2 aromatic rings. The lowest BCUT2D eigenvalue weighted by Crippen LogP contribution is -2.29. The molecule has 0 amide bonds. The summed E-state index contributed by atoms with van der Waals surface area (Å²) in [5.41, 5.74) is 0.525. The zero-order valence-electron chi connectivity index (χ0n) is 17.4. The summed E-state index contributed by atoms with van der Waals surface area (Å²) in [6.07, 6.45) is -5.30. The second-order valence-electron chi connectivity index (χ2n) is 6.66. The minimum atomic E-state index is -1.42. The van der Waals surface area contributed by atoms with E-state index in [0.717, 1.165) is 0 Å². The van der Waals surface area contributed by atoms with Crippen molar-refractivity contribution in [3.8, 4) is 28.7 Å². The van der Waals surface area contributed by atoms with Crippen molar-refractivity contribution < 1.29 is 49.6 Å². The van der Waals surface area contributed by atoms with Gasteiger partial charge >= 0.3 is 0 Å². The Kier molecular flexibility index (Phi) is 8.72. The molecule has 6 N–H and O–H groups in total. The SMILES string of the molecule is COc1cc(C(O)C(CO)Oc2c(OC)cc(C(O)C(O)CO)cc2OC)ccc1O. The van der Waals surface area contributed by atoms with E-state index < -0.39 is 37.6 Å². The van der Waals surface area contributed by atoms with E-state index in [-0.39, 0.29) is 34.3 Å². The van der Waals surface area contributed by atoms with Crippen LogP contribution in [0.3, 0.4) is 0 Å². The maximum absolute atomic E-state index is 10.7. The van der Waals surface area contributed by atoms with Crippen LogP contribution in [0.15, 0.2) is 30.3 Å². The highest BCUT2D eigenvalue weighted by atomic mass is 16.6. The minimum absolute atomic E-state index is 0.0447. The van der Waals surface area contributed by atoms with E-state index in [9.17, 15) is 25.5 Å². The molecular weight excluding hydrogens is 412 g/mol. The molecule has 0 saturated carbocycles. The average Bonchev–Trinajstić information content (AvgIpc) is 2.80. The molecule has 2 aromatic carbocycles. The molecule has 10 heteroatoms. The molecule has 2 rings (SSSR count). The summed E-state index contributed by atoms with van der Waals surface area (Å²) >= 11 is 0. The summed E-state index contributed by atoms with van der Waals surface area (Å²) < 4.78 is 21.4. The number of aromatic hydroxyl groups is 1. The van der Waals surface area contributed by atoms with Gasteiger partial charge in [-0.15, -0.1) is 0 Å². The molecule has 0 radical (unpaired) electrons.